The zero-order valence-electron chi connectivity index (χ0n) is 13.3. The molecule has 1 unspecified atom stereocenters. The van der Waals surface area contributed by atoms with Crippen molar-refractivity contribution in [3.63, 3.8) is 0 Å². The number of nitrogens with zero attached hydrogens (tertiary/aromatic N) is 2. The Labute approximate surface area is 128 Å². The summed E-state index contributed by atoms with van der Waals surface area (Å²) in [5, 5.41) is 0. The largest absolute Gasteiger partial charge is 0.370 e. The normalized spacial score (nSPS) is 24.0. The summed E-state index contributed by atoms with van der Waals surface area (Å²) in [6.07, 6.45) is 7.92. The van der Waals surface area contributed by atoms with E-state index in [-0.39, 0.29) is 0 Å². The second kappa shape index (κ2) is 6.08. The quantitative estimate of drug-likeness (QED) is 0.842. The predicted molar refractivity (Wildman–Crippen MR) is 88.5 cm³/mol. The molecule has 0 bridgehead atoms. The first-order valence-electron chi connectivity index (χ1n) is 8.32. The van der Waals surface area contributed by atoms with Crippen molar-refractivity contribution in [2.45, 2.75) is 64.5 Å². The van der Waals surface area contributed by atoms with E-state index in [1.54, 1.807) is 0 Å². The van der Waals surface area contributed by atoms with Crippen LogP contribution in [0.1, 0.15) is 61.3 Å². The zero-order valence-corrected chi connectivity index (χ0v) is 13.3. The molecule has 0 saturated heterocycles. The van der Waals surface area contributed by atoms with Gasteiger partial charge in [0, 0.05) is 6.04 Å². The van der Waals surface area contributed by atoms with E-state index < -0.39 is 0 Å². The van der Waals surface area contributed by atoms with Crippen LogP contribution in [0.25, 0.3) is 0 Å². The Bertz CT molecular complexity index is 527. The van der Waals surface area contributed by atoms with Crippen LogP contribution >= 0.6 is 0 Å². The lowest BCUT2D eigenvalue weighted by Crippen LogP contribution is -2.43. The van der Waals surface area contributed by atoms with Crippen LogP contribution in [0.3, 0.4) is 0 Å². The Morgan fingerprint density at radius 1 is 1.10 bits per heavy atom. The Morgan fingerprint density at radius 2 is 1.81 bits per heavy atom. The van der Waals surface area contributed by atoms with E-state index in [1.165, 1.54) is 55.2 Å². The summed E-state index contributed by atoms with van der Waals surface area (Å²) >= 11 is 0. The first-order chi connectivity index (χ1) is 10.2. The lowest BCUT2D eigenvalue weighted by atomic mass is 9.96. The third-order valence-electron chi connectivity index (χ3n) is 5.03. The van der Waals surface area contributed by atoms with Crippen molar-refractivity contribution in [3.8, 4) is 0 Å². The van der Waals surface area contributed by atoms with Crippen molar-refractivity contribution < 1.29 is 0 Å². The molecule has 1 aromatic rings. The maximum absolute atomic E-state index is 6.24. The third kappa shape index (κ3) is 2.92. The molecule has 3 heteroatoms. The average Bonchev–Trinajstić information content (AvgIpc) is 2.67. The summed E-state index contributed by atoms with van der Waals surface area (Å²) in [4.78, 5) is 6.98. The Kier molecular flexibility index (Phi) is 4.18. The molecule has 1 fully saturated rings. The SMILES string of the molecule is Cc1ccc(C2CN=C(N)N2C2CCCCCC2)c(C)c1. The Balaban J connectivity index is 1.87. The average molecular weight is 285 g/mol. The van der Waals surface area contributed by atoms with Gasteiger partial charge in [0.05, 0.1) is 12.6 Å². The number of rotatable bonds is 2. The van der Waals surface area contributed by atoms with Gasteiger partial charge in [-0.2, -0.15) is 0 Å². The fraction of sp³-hybridized carbons (Fsp3) is 0.611. The number of aryl methyl sites for hydroxylation is 2. The van der Waals surface area contributed by atoms with Gasteiger partial charge in [0.25, 0.3) is 0 Å². The molecule has 1 aliphatic heterocycles. The summed E-state index contributed by atoms with van der Waals surface area (Å²) < 4.78 is 0. The molecule has 2 N–H and O–H groups in total. The van der Waals surface area contributed by atoms with Gasteiger partial charge in [0.2, 0.25) is 0 Å². The van der Waals surface area contributed by atoms with Crippen molar-refractivity contribution in [1.82, 2.24) is 4.90 Å². The highest BCUT2D eigenvalue weighted by molar-refractivity contribution is 5.81. The minimum Gasteiger partial charge on any atom is -0.370 e. The van der Waals surface area contributed by atoms with Gasteiger partial charge in [-0.1, -0.05) is 49.4 Å². The van der Waals surface area contributed by atoms with Gasteiger partial charge < -0.3 is 10.6 Å². The van der Waals surface area contributed by atoms with E-state index in [0.29, 0.717) is 12.1 Å². The predicted octanol–water partition coefficient (Wildman–Crippen LogP) is 3.70. The van der Waals surface area contributed by atoms with E-state index in [0.717, 1.165) is 12.5 Å². The molecule has 2 aliphatic rings. The summed E-state index contributed by atoms with van der Waals surface area (Å²) in [5.74, 6) is 0.756. The fourth-order valence-corrected chi connectivity index (χ4v) is 3.93. The molecular weight excluding hydrogens is 258 g/mol. The Morgan fingerprint density at radius 3 is 2.48 bits per heavy atom. The molecule has 3 rings (SSSR count). The molecule has 1 saturated carbocycles. The summed E-state index contributed by atoms with van der Waals surface area (Å²) in [5.41, 5.74) is 10.3. The summed E-state index contributed by atoms with van der Waals surface area (Å²) in [6, 6.07) is 7.67. The van der Waals surface area contributed by atoms with Crippen molar-refractivity contribution in [1.29, 1.82) is 0 Å². The number of nitrogens with two attached hydrogens (primary N) is 1. The van der Waals surface area contributed by atoms with Crippen molar-refractivity contribution in [3.05, 3.63) is 34.9 Å². The minimum absolute atomic E-state index is 0.341. The topological polar surface area (TPSA) is 41.6 Å². The van der Waals surface area contributed by atoms with Gasteiger partial charge >= 0.3 is 0 Å². The van der Waals surface area contributed by atoms with Gasteiger partial charge in [0.1, 0.15) is 0 Å². The van der Waals surface area contributed by atoms with Gasteiger partial charge in [-0.15, -0.1) is 0 Å². The standard InChI is InChI=1S/C18H27N3/c1-13-9-10-16(14(2)11-13)17-12-20-18(19)21(17)15-7-5-3-4-6-8-15/h9-11,15,17H,3-8,12H2,1-2H3,(H2,19,20). The van der Waals surface area contributed by atoms with Gasteiger partial charge in [-0.05, 0) is 37.8 Å². The molecule has 0 amide bonds. The minimum atomic E-state index is 0.341. The molecule has 0 radical (unpaired) electrons. The molecule has 1 aromatic carbocycles. The maximum Gasteiger partial charge on any atom is 0.192 e. The second-order valence-electron chi connectivity index (χ2n) is 6.63. The van der Waals surface area contributed by atoms with E-state index >= 15 is 0 Å². The van der Waals surface area contributed by atoms with Crippen LogP contribution in [0.2, 0.25) is 0 Å². The highest BCUT2D eigenvalue weighted by Gasteiger charge is 2.33. The lowest BCUT2D eigenvalue weighted by molar-refractivity contribution is 0.237. The van der Waals surface area contributed by atoms with Crippen LogP contribution in [0, 0.1) is 13.8 Å². The molecule has 0 spiro atoms. The van der Waals surface area contributed by atoms with Crippen molar-refractivity contribution in [2.24, 2.45) is 10.7 Å². The maximum atomic E-state index is 6.24. The van der Waals surface area contributed by atoms with Crippen LogP contribution in [-0.4, -0.2) is 23.4 Å². The molecule has 114 valence electrons. The molecule has 1 heterocycles. The fourth-order valence-electron chi connectivity index (χ4n) is 3.93. The molecule has 3 nitrogen and oxygen atoms in total. The number of hydrogen-bond acceptors (Lipinski definition) is 3. The second-order valence-corrected chi connectivity index (χ2v) is 6.63. The van der Waals surface area contributed by atoms with Gasteiger partial charge in [-0.25, -0.2) is 0 Å². The molecule has 0 aromatic heterocycles. The molecule has 1 aliphatic carbocycles. The van der Waals surface area contributed by atoms with Crippen LogP contribution in [-0.2, 0) is 0 Å². The number of hydrogen-bond donors (Lipinski definition) is 1. The van der Waals surface area contributed by atoms with Gasteiger partial charge in [-0.3, -0.25) is 4.99 Å². The molecule has 21 heavy (non-hydrogen) atoms. The van der Waals surface area contributed by atoms with Crippen molar-refractivity contribution >= 4 is 5.96 Å². The summed E-state index contributed by atoms with van der Waals surface area (Å²) in [7, 11) is 0. The number of aliphatic imine (C=N–C) groups is 1. The van der Waals surface area contributed by atoms with Crippen LogP contribution in [0.5, 0.6) is 0 Å². The lowest BCUT2D eigenvalue weighted by Gasteiger charge is -2.35. The zero-order chi connectivity index (χ0) is 14.8. The third-order valence-corrected chi connectivity index (χ3v) is 5.03. The first-order valence-corrected chi connectivity index (χ1v) is 8.32. The highest BCUT2D eigenvalue weighted by Crippen LogP contribution is 2.34. The molecular formula is C18H27N3. The van der Waals surface area contributed by atoms with Crippen molar-refractivity contribution in [2.75, 3.05) is 6.54 Å². The number of guanidine groups is 1. The monoisotopic (exact) mass is 285 g/mol. The first kappa shape index (κ1) is 14.4. The highest BCUT2D eigenvalue weighted by atomic mass is 15.3. The van der Waals surface area contributed by atoms with E-state index in [4.69, 9.17) is 5.73 Å². The van der Waals surface area contributed by atoms with E-state index in [1.807, 2.05) is 0 Å². The molecule has 1 atom stereocenters. The smallest absolute Gasteiger partial charge is 0.192 e. The van der Waals surface area contributed by atoms with Crippen LogP contribution in [0.4, 0.5) is 0 Å². The van der Waals surface area contributed by atoms with Crippen LogP contribution in [0.15, 0.2) is 23.2 Å². The van der Waals surface area contributed by atoms with E-state index in [9.17, 15) is 0 Å². The Hall–Kier alpha value is -1.51. The van der Waals surface area contributed by atoms with Crippen LogP contribution < -0.4 is 5.73 Å². The van der Waals surface area contributed by atoms with Gasteiger partial charge in [0.15, 0.2) is 5.96 Å². The van der Waals surface area contributed by atoms with E-state index in [2.05, 4.69) is 41.9 Å². The summed E-state index contributed by atoms with van der Waals surface area (Å²) in [6.45, 7) is 5.17. The number of benzene rings is 1.